The molecule has 0 bridgehead atoms. The summed E-state index contributed by atoms with van der Waals surface area (Å²) in [5.41, 5.74) is 7.47. The van der Waals surface area contributed by atoms with Gasteiger partial charge >= 0.3 is 0 Å². The van der Waals surface area contributed by atoms with Crippen LogP contribution in [0.2, 0.25) is 5.02 Å². The van der Waals surface area contributed by atoms with Crippen molar-refractivity contribution >= 4 is 29.9 Å². The lowest BCUT2D eigenvalue weighted by atomic mass is 10.1. The number of rotatable bonds is 7. The molecule has 3 rings (SSSR count). The number of carbonyl (C=O) groups is 1. The van der Waals surface area contributed by atoms with Gasteiger partial charge in [0.1, 0.15) is 12.4 Å². The van der Waals surface area contributed by atoms with E-state index in [4.69, 9.17) is 22.1 Å². The van der Waals surface area contributed by atoms with Crippen molar-refractivity contribution in [3.05, 3.63) is 64.7 Å². The Bertz CT molecular complexity index is 674. The summed E-state index contributed by atoms with van der Waals surface area (Å²) in [7, 11) is 0. The molecule has 1 fully saturated rings. The van der Waals surface area contributed by atoms with Gasteiger partial charge in [-0.3, -0.25) is 4.79 Å². The Morgan fingerprint density at radius 1 is 1.17 bits per heavy atom. The fraction of sp³-hybridized carbons (Fsp3) is 0.278. The molecule has 3 N–H and O–H groups in total. The molecule has 0 aromatic heterocycles. The highest BCUT2D eigenvalue weighted by atomic mass is 35.5. The topological polar surface area (TPSA) is 64.4 Å². The van der Waals surface area contributed by atoms with Gasteiger partial charge in [-0.05, 0) is 41.8 Å². The average molecular weight is 367 g/mol. The van der Waals surface area contributed by atoms with Crippen molar-refractivity contribution in [2.45, 2.75) is 25.0 Å². The van der Waals surface area contributed by atoms with Gasteiger partial charge in [0.15, 0.2) is 0 Å². The summed E-state index contributed by atoms with van der Waals surface area (Å²) in [6.45, 7) is 0.756. The third-order valence-electron chi connectivity index (χ3n) is 3.96. The Hall–Kier alpha value is -1.75. The molecule has 0 aliphatic heterocycles. The van der Waals surface area contributed by atoms with E-state index in [-0.39, 0.29) is 24.9 Å². The normalized spacial score (nSPS) is 18.5. The molecule has 0 saturated heterocycles. The summed E-state index contributed by atoms with van der Waals surface area (Å²) < 4.78 is 5.77. The van der Waals surface area contributed by atoms with Crippen LogP contribution >= 0.6 is 24.0 Å². The molecule has 2 aromatic carbocycles. The SMILES string of the molecule is Cl.NC(=O)CNC1CC1c1ccc(OCc2ccc(Cl)cc2)cc1. The summed E-state index contributed by atoms with van der Waals surface area (Å²) >= 11 is 5.86. The standard InChI is InChI=1S/C18H19ClN2O2.ClH/c19-14-5-1-12(2-6-14)11-23-15-7-3-13(4-8-15)16-9-17(16)21-10-18(20)22;/h1-8,16-17,21H,9-11H2,(H2,20,22);1H. The first-order valence-electron chi connectivity index (χ1n) is 7.61. The highest BCUT2D eigenvalue weighted by Crippen LogP contribution is 2.41. The van der Waals surface area contributed by atoms with Crippen molar-refractivity contribution in [2.75, 3.05) is 6.54 Å². The van der Waals surface area contributed by atoms with Crippen molar-refractivity contribution in [3.8, 4) is 5.75 Å². The minimum Gasteiger partial charge on any atom is -0.489 e. The largest absolute Gasteiger partial charge is 0.489 e. The van der Waals surface area contributed by atoms with Gasteiger partial charge in [-0.25, -0.2) is 0 Å². The van der Waals surface area contributed by atoms with E-state index in [0.717, 1.165) is 22.8 Å². The number of carbonyl (C=O) groups excluding carboxylic acids is 1. The fourth-order valence-electron chi connectivity index (χ4n) is 2.58. The molecule has 2 aromatic rings. The van der Waals surface area contributed by atoms with Crippen LogP contribution in [0, 0.1) is 0 Å². The Labute approximate surface area is 152 Å². The van der Waals surface area contributed by atoms with Crippen LogP contribution in [-0.4, -0.2) is 18.5 Å². The molecule has 1 aliphatic carbocycles. The second-order valence-electron chi connectivity index (χ2n) is 5.78. The number of primary amides is 1. The molecule has 1 aliphatic rings. The first-order chi connectivity index (χ1) is 11.1. The zero-order valence-electron chi connectivity index (χ0n) is 13.1. The summed E-state index contributed by atoms with van der Waals surface area (Å²) in [6, 6.07) is 16.1. The van der Waals surface area contributed by atoms with Crippen molar-refractivity contribution in [3.63, 3.8) is 0 Å². The third-order valence-corrected chi connectivity index (χ3v) is 4.21. The molecule has 2 atom stereocenters. The first-order valence-corrected chi connectivity index (χ1v) is 7.98. The predicted molar refractivity (Wildman–Crippen MR) is 97.8 cm³/mol. The first kappa shape index (κ1) is 18.6. The smallest absolute Gasteiger partial charge is 0.231 e. The number of hydrogen-bond acceptors (Lipinski definition) is 3. The monoisotopic (exact) mass is 366 g/mol. The lowest BCUT2D eigenvalue weighted by molar-refractivity contribution is -0.117. The van der Waals surface area contributed by atoms with Gasteiger partial charge in [-0.2, -0.15) is 0 Å². The number of amides is 1. The maximum absolute atomic E-state index is 10.8. The van der Waals surface area contributed by atoms with Gasteiger partial charge in [0.05, 0.1) is 6.54 Å². The maximum Gasteiger partial charge on any atom is 0.231 e. The van der Waals surface area contributed by atoms with Crippen LogP contribution in [0.4, 0.5) is 0 Å². The summed E-state index contributed by atoms with van der Waals surface area (Å²) in [5, 5.41) is 3.88. The van der Waals surface area contributed by atoms with Gasteiger partial charge in [-0.1, -0.05) is 35.9 Å². The van der Waals surface area contributed by atoms with E-state index in [1.54, 1.807) is 0 Å². The van der Waals surface area contributed by atoms with E-state index in [0.29, 0.717) is 18.6 Å². The molecule has 24 heavy (non-hydrogen) atoms. The molecular formula is C18H20Cl2N2O2. The van der Waals surface area contributed by atoms with Crippen LogP contribution in [0.25, 0.3) is 0 Å². The van der Waals surface area contributed by atoms with E-state index in [1.165, 1.54) is 5.56 Å². The molecule has 4 nitrogen and oxygen atoms in total. The zero-order valence-corrected chi connectivity index (χ0v) is 14.6. The van der Waals surface area contributed by atoms with E-state index in [1.807, 2.05) is 36.4 Å². The van der Waals surface area contributed by atoms with E-state index in [2.05, 4.69) is 17.4 Å². The van der Waals surface area contributed by atoms with Crippen molar-refractivity contribution in [2.24, 2.45) is 5.73 Å². The van der Waals surface area contributed by atoms with Gasteiger partial charge in [0, 0.05) is 17.0 Å². The third kappa shape index (κ3) is 5.13. The Kier molecular flexibility index (Phi) is 6.49. The molecule has 0 heterocycles. The number of hydrogen-bond donors (Lipinski definition) is 2. The van der Waals surface area contributed by atoms with Crippen LogP contribution < -0.4 is 15.8 Å². The Balaban J connectivity index is 0.00000208. The fourth-order valence-corrected chi connectivity index (χ4v) is 2.71. The number of nitrogens with two attached hydrogens (primary N) is 1. The Morgan fingerprint density at radius 3 is 2.46 bits per heavy atom. The van der Waals surface area contributed by atoms with Crippen molar-refractivity contribution in [1.29, 1.82) is 0 Å². The number of nitrogens with one attached hydrogen (secondary N) is 1. The summed E-state index contributed by atoms with van der Waals surface area (Å²) in [5.74, 6) is 0.979. The number of ether oxygens (including phenoxy) is 1. The lowest BCUT2D eigenvalue weighted by Crippen LogP contribution is -2.30. The quantitative estimate of drug-likeness (QED) is 0.790. The maximum atomic E-state index is 10.8. The number of benzene rings is 2. The Morgan fingerprint density at radius 2 is 1.83 bits per heavy atom. The average Bonchev–Trinajstić information content (AvgIpc) is 3.33. The minimum atomic E-state index is -0.318. The van der Waals surface area contributed by atoms with E-state index >= 15 is 0 Å². The molecule has 128 valence electrons. The van der Waals surface area contributed by atoms with E-state index in [9.17, 15) is 4.79 Å². The molecule has 1 amide bonds. The van der Waals surface area contributed by atoms with Crippen LogP contribution in [0.1, 0.15) is 23.5 Å². The molecule has 0 radical (unpaired) electrons. The van der Waals surface area contributed by atoms with Gasteiger partial charge in [0.25, 0.3) is 0 Å². The highest BCUT2D eigenvalue weighted by molar-refractivity contribution is 6.30. The molecular weight excluding hydrogens is 347 g/mol. The zero-order chi connectivity index (χ0) is 16.2. The van der Waals surface area contributed by atoms with Crippen molar-refractivity contribution in [1.82, 2.24) is 5.32 Å². The van der Waals surface area contributed by atoms with Crippen molar-refractivity contribution < 1.29 is 9.53 Å². The van der Waals surface area contributed by atoms with Gasteiger partial charge < -0.3 is 15.8 Å². The summed E-state index contributed by atoms with van der Waals surface area (Å²) in [4.78, 5) is 10.8. The van der Waals surface area contributed by atoms with Crippen LogP contribution in [0.15, 0.2) is 48.5 Å². The second-order valence-corrected chi connectivity index (χ2v) is 6.22. The lowest BCUT2D eigenvalue weighted by Gasteiger charge is -2.08. The molecule has 1 saturated carbocycles. The molecule has 6 heteroatoms. The molecule has 2 unspecified atom stereocenters. The highest BCUT2D eigenvalue weighted by Gasteiger charge is 2.37. The van der Waals surface area contributed by atoms with Gasteiger partial charge in [-0.15, -0.1) is 12.4 Å². The van der Waals surface area contributed by atoms with Crippen LogP contribution in [0.3, 0.4) is 0 Å². The molecule has 0 spiro atoms. The second kappa shape index (κ2) is 8.38. The van der Waals surface area contributed by atoms with E-state index < -0.39 is 0 Å². The van der Waals surface area contributed by atoms with Crippen LogP contribution in [-0.2, 0) is 11.4 Å². The minimum absolute atomic E-state index is 0. The van der Waals surface area contributed by atoms with Gasteiger partial charge in [0.2, 0.25) is 5.91 Å². The van der Waals surface area contributed by atoms with Crippen LogP contribution in [0.5, 0.6) is 5.75 Å². The summed E-state index contributed by atoms with van der Waals surface area (Å²) in [6.07, 6.45) is 1.04. The predicted octanol–water partition coefficient (Wildman–Crippen LogP) is 3.27. The number of halogens is 2.